The molecule has 4 nitrogen and oxygen atoms in total. The van der Waals surface area contributed by atoms with E-state index in [-0.39, 0.29) is 23.7 Å². The molecule has 0 atom stereocenters. The molecule has 220 valence electrons. The molecule has 0 rings (SSSR count). The van der Waals surface area contributed by atoms with E-state index in [1.807, 2.05) is 0 Å². The molecule has 16 heteroatoms. The van der Waals surface area contributed by atoms with Crippen LogP contribution in [-0.2, 0) is 0 Å². The standard InChI is InChI=1S/C10H32GeN2Si4Te.C10H34GeN2Si4.H2Te/c1-14(2)12(15(3)4)11(18)13(16(5,6)7)17(8,9)10;1-14(2)12(15(3)4)11-13(16(5,6)7)17(8,9)10;/h14-15H,1-10H3;14-15H,11H2,1-10H3;1H2. The van der Waals surface area contributed by atoms with Gasteiger partial charge in [0.05, 0.1) is 0 Å². The third kappa shape index (κ3) is 16.5. The van der Waals surface area contributed by atoms with E-state index in [0.29, 0.717) is 0 Å². The molecular weight excluding hydrogens is 921 g/mol. The molecule has 0 heterocycles. The Kier molecular flexibility index (Phi) is 22.1. The molecule has 0 aliphatic carbocycles. The maximum absolute atomic E-state index is 3.14. The van der Waals surface area contributed by atoms with Gasteiger partial charge in [0.15, 0.2) is 0 Å². The second-order valence-corrected chi connectivity index (χ2v) is 69.6. The molecule has 0 amide bonds. The molecule has 36 heavy (non-hydrogen) atoms. The molecule has 0 radical (unpaired) electrons. The Morgan fingerprint density at radius 2 is 0.806 bits per heavy atom. The Bertz CT molecular complexity index is 606. The number of hydrogen-bond donors (Lipinski definition) is 0. The summed E-state index contributed by atoms with van der Waals surface area (Å²) in [4.78, 5) is 0. The number of hydrogen-bond acceptors (Lipinski definition) is 4. The molecule has 0 aliphatic rings. The minimum atomic E-state index is -1.19. The van der Waals surface area contributed by atoms with Crippen molar-refractivity contribution in [3.63, 3.8) is 0 Å². The van der Waals surface area contributed by atoms with Gasteiger partial charge in [-0.05, 0) is 0 Å². The predicted octanol–water partition coefficient (Wildman–Crippen LogP) is 3.69. The van der Waals surface area contributed by atoms with E-state index in [2.05, 4.69) is 163 Å². The molecule has 0 fully saturated rings. The van der Waals surface area contributed by atoms with Crippen LogP contribution in [0.1, 0.15) is 0 Å². The zero-order valence-corrected chi connectivity index (χ0v) is 47.1. The fourth-order valence-corrected chi connectivity index (χ4v) is 113. The summed E-state index contributed by atoms with van der Waals surface area (Å²) < 4.78 is 12.5. The summed E-state index contributed by atoms with van der Waals surface area (Å²) in [6.07, 6.45) is 0. The third-order valence-corrected chi connectivity index (χ3v) is 96.2. The molecule has 0 saturated carbocycles. The van der Waals surface area contributed by atoms with Gasteiger partial charge in [0.2, 0.25) is 0 Å². The minimum absolute atomic E-state index is 0. The molecule has 0 aromatic carbocycles. The van der Waals surface area contributed by atoms with Crippen molar-refractivity contribution >= 4 is 139 Å². The first-order chi connectivity index (χ1) is 15.2. The first-order valence-electron chi connectivity index (χ1n) is 13.8. The Morgan fingerprint density at radius 3 is 0.972 bits per heavy atom. The quantitative estimate of drug-likeness (QED) is 0.277. The normalized spacial score (nSPS) is 13.7. The maximum atomic E-state index is 3.14. The predicted molar refractivity (Wildman–Crippen MR) is 205 cm³/mol. The van der Waals surface area contributed by atoms with Crippen LogP contribution in [0.25, 0.3) is 0 Å². The SMILES string of the molecule is C[SiH](C)[N]([GeH2][N]([Si](C)(C)C)[Si](C)(C)C)[SiH](C)C.C[SiH](C)[N]([SiH](C)C)[Ge](=[Te])[N]([Si](C)(C)C)[Si](C)(C)C.[TeH2]. The fraction of sp³-hybridized carbons (Fsp3) is 1.00. The van der Waals surface area contributed by atoms with Crippen LogP contribution in [0.4, 0.5) is 0 Å². The van der Waals surface area contributed by atoms with E-state index < -0.39 is 95.6 Å². The van der Waals surface area contributed by atoms with Crippen molar-refractivity contribution in [2.45, 2.75) is 131 Å². The van der Waals surface area contributed by atoms with Gasteiger partial charge in [0.25, 0.3) is 0 Å². The van der Waals surface area contributed by atoms with Gasteiger partial charge < -0.3 is 0 Å². The Hall–Kier alpha value is 3.92. The summed E-state index contributed by atoms with van der Waals surface area (Å²) >= 11 is 1.91. The van der Waals surface area contributed by atoms with Gasteiger partial charge in [-0.25, -0.2) is 0 Å². The Labute approximate surface area is 278 Å². The average molecular weight is 990 g/mol. The third-order valence-electron chi connectivity index (χ3n) is 6.12. The van der Waals surface area contributed by atoms with Gasteiger partial charge in [0, 0.05) is 0 Å². The molecule has 0 N–H and O–H groups in total. The summed E-state index contributed by atoms with van der Waals surface area (Å²) in [5, 5.41) is 0. The zero-order valence-electron chi connectivity index (χ0n) is 28.2. The number of rotatable bonds is 12. The van der Waals surface area contributed by atoms with E-state index in [1.54, 1.807) is 0 Å². The molecule has 0 aromatic heterocycles. The van der Waals surface area contributed by atoms with E-state index >= 15 is 0 Å². The van der Waals surface area contributed by atoms with Crippen LogP contribution < -0.4 is 0 Å². The van der Waals surface area contributed by atoms with Crippen molar-refractivity contribution in [1.29, 1.82) is 0 Å². The van der Waals surface area contributed by atoms with Crippen LogP contribution >= 0.6 is 0 Å². The Morgan fingerprint density at radius 1 is 0.528 bits per heavy atom. The summed E-state index contributed by atoms with van der Waals surface area (Å²) in [7, 11) is -8.09. The first kappa shape index (κ1) is 44.4. The van der Waals surface area contributed by atoms with E-state index in [0.717, 1.165) is 0 Å². The Balaban J connectivity index is -0.000000590. The summed E-state index contributed by atoms with van der Waals surface area (Å²) in [6.45, 7) is 51.0. The van der Waals surface area contributed by atoms with E-state index in [1.165, 1.54) is 0 Å². The molecule has 0 bridgehead atoms. The van der Waals surface area contributed by atoms with Gasteiger partial charge in [-0.2, -0.15) is 0 Å². The topological polar surface area (TPSA) is 13.0 Å². The van der Waals surface area contributed by atoms with Crippen LogP contribution in [0, 0.1) is 0 Å². The van der Waals surface area contributed by atoms with E-state index in [4.69, 9.17) is 0 Å². The molecule has 0 unspecified atom stereocenters. The fourth-order valence-electron chi connectivity index (χ4n) is 5.25. The van der Waals surface area contributed by atoms with Gasteiger partial charge in [-0.15, -0.1) is 0 Å². The van der Waals surface area contributed by atoms with Crippen LogP contribution in [0.5, 0.6) is 0 Å². The first-order valence-corrected chi connectivity index (χ1v) is 50.4. The van der Waals surface area contributed by atoms with Gasteiger partial charge in [-0.3, -0.25) is 0 Å². The summed E-state index contributed by atoms with van der Waals surface area (Å²) in [5.74, 6) is 0. The van der Waals surface area contributed by atoms with Crippen molar-refractivity contribution in [1.82, 2.24) is 12.8 Å². The van der Waals surface area contributed by atoms with Crippen molar-refractivity contribution in [3.8, 4) is 0 Å². The van der Waals surface area contributed by atoms with Crippen LogP contribution in [-0.4, -0.2) is 151 Å². The van der Waals surface area contributed by atoms with Gasteiger partial charge in [-0.1, -0.05) is 0 Å². The van der Waals surface area contributed by atoms with Gasteiger partial charge in [0.1, 0.15) is 0 Å². The molecule has 0 aliphatic heterocycles. The monoisotopic (exact) mass is 996 g/mol. The molecule has 0 aromatic rings. The molecule has 0 saturated heterocycles. The van der Waals surface area contributed by atoms with Crippen molar-refractivity contribution in [3.05, 3.63) is 0 Å². The number of nitrogens with zero attached hydrogens (tertiary/aromatic N) is 4. The summed E-state index contributed by atoms with van der Waals surface area (Å²) in [6, 6.07) is 0. The van der Waals surface area contributed by atoms with Crippen LogP contribution in [0.15, 0.2) is 0 Å². The van der Waals surface area contributed by atoms with Gasteiger partial charge >= 0.3 is 282 Å². The van der Waals surface area contributed by atoms with E-state index in [9.17, 15) is 0 Å². The van der Waals surface area contributed by atoms with Crippen LogP contribution in [0.3, 0.4) is 0 Å². The molecular formula is C20H68Ge2N4Si8Te2. The second kappa shape index (κ2) is 17.9. The second-order valence-electron chi connectivity index (χ2n) is 15.2. The van der Waals surface area contributed by atoms with Crippen molar-refractivity contribution in [2.24, 2.45) is 0 Å². The zero-order chi connectivity index (χ0) is 28.9. The molecule has 0 spiro atoms. The van der Waals surface area contributed by atoms with Crippen LogP contribution in [0.2, 0.25) is 131 Å². The van der Waals surface area contributed by atoms with Crippen molar-refractivity contribution in [2.75, 3.05) is 0 Å². The summed E-state index contributed by atoms with van der Waals surface area (Å²) in [5.41, 5.74) is 0. The van der Waals surface area contributed by atoms with Crippen molar-refractivity contribution < 1.29 is 0 Å². The average Bonchev–Trinajstić information content (AvgIpc) is 2.48.